The van der Waals surface area contributed by atoms with Gasteiger partial charge in [0.05, 0.1) is 0 Å². The summed E-state index contributed by atoms with van der Waals surface area (Å²) in [5, 5.41) is 0. The molecular formula is C5H10Cl3N. The van der Waals surface area contributed by atoms with Gasteiger partial charge in [-0.1, -0.05) is 0 Å². The summed E-state index contributed by atoms with van der Waals surface area (Å²) < 4.78 is -0.492. The lowest BCUT2D eigenvalue weighted by molar-refractivity contribution is 0.643. The van der Waals surface area contributed by atoms with Crippen LogP contribution in [0.2, 0.25) is 0 Å². The first-order valence-corrected chi connectivity index (χ1v) is 3.43. The van der Waals surface area contributed by atoms with Gasteiger partial charge in [0.2, 0.25) is 0 Å². The highest BCUT2D eigenvalue weighted by molar-refractivity contribution is 6.50. The van der Waals surface area contributed by atoms with Gasteiger partial charge in [0, 0.05) is 12.0 Å². The minimum atomic E-state index is -0.492. The lowest BCUT2D eigenvalue weighted by Crippen LogP contribution is -2.20. The van der Waals surface area contributed by atoms with E-state index in [1.165, 1.54) is 0 Å². The fourth-order valence-corrected chi connectivity index (χ4v) is 1.53. The third kappa shape index (κ3) is 2.15. The highest BCUT2D eigenvalue weighted by Crippen LogP contribution is 2.54. The molecule has 0 bridgehead atoms. The first kappa shape index (κ1) is 9.83. The molecule has 1 fully saturated rings. The van der Waals surface area contributed by atoms with E-state index in [4.69, 9.17) is 28.9 Å². The predicted molar refractivity (Wildman–Crippen MR) is 43.4 cm³/mol. The topological polar surface area (TPSA) is 26.0 Å². The van der Waals surface area contributed by atoms with E-state index in [0.717, 1.165) is 6.42 Å². The van der Waals surface area contributed by atoms with E-state index in [1.54, 1.807) is 0 Å². The van der Waals surface area contributed by atoms with Crippen molar-refractivity contribution >= 4 is 35.6 Å². The van der Waals surface area contributed by atoms with Crippen LogP contribution in [0.25, 0.3) is 0 Å². The van der Waals surface area contributed by atoms with Gasteiger partial charge in [0.15, 0.2) is 0 Å². The Labute approximate surface area is 71.3 Å². The minimum Gasteiger partial charge on any atom is -0.328 e. The summed E-state index contributed by atoms with van der Waals surface area (Å²) in [5.41, 5.74) is 5.50. The monoisotopic (exact) mass is 189 g/mol. The normalized spacial score (nSPS) is 32.7. The van der Waals surface area contributed by atoms with E-state index in [0.29, 0.717) is 5.92 Å². The van der Waals surface area contributed by atoms with Crippen molar-refractivity contribution in [3.05, 3.63) is 0 Å². The van der Waals surface area contributed by atoms with Crippen LogP contribution >= 0.6 is 35.6 Å². The summed E-state index contributed by atoms with van der Waals surface area (Å²) in [4.78, 5) is 0. The van der Waals surface area contributed by atoms with Crippen molar-refractivity contribution in [2.24, 2.45) is 11.7 Å². The molecule has 0 saturated heterocycles. The average molecular weight is 191 g/mol. The van der Waals surface area contributed by atoms with Crippen LogP contribution in [-0.4, -0.2) is 10.4 Å². The minimum absolute atomic E-state index is 0. The van der Waals surface area contributed by atoms with Crippen LogP contribution in [0.5, 0.6) is 0 Å². The van der Waals surface area contributed by atoms with Crippen molar-refractivity contribution < 1.29 is 0 Å². The van der Waals surface area contributed by atoms with E-state index < -0.39 is 4.33 Å². The Hall–Kier alpha value is 0.830. The van der Waals surface area contributed by atoms with Crippen LogP contribution < -0.4 is 5.73 Å². The van der Waals surface area contributed by atoms with Gasteiger partial charge < -0.3 is 5.73 Å². The van der Waals surface area contributed by atoms with Gasteiger partial charge in [-0.05, 0) is 13.3 Å². The zero-order valence-electron chi connectivity index (χ0n) is 5.10. The lowest BCUT2D eigenvalue weighted by Gasteiger charge is -2.01. The highest BCUT2D eigenvalue weighted by Gasteiger charge is 2.53. The molecule has 2 atom stereocenters. The molecule has 0 aromatic heterocycles. The van der Waals surface area contributed by atoms with Crippen LogP contribution in [-0.2, 0) is 0 Å². The molecule has 56 valence electrons. The van der Waals surface area contributed by atoms with E-state index in [2.05, 4.69) is 0 Å². The molecule has 0 spiro atoms. The van der Waals surface area contributed by atoms with Gasteiger partial charge in [-0.2, -0.15) is 0 Å². The molecule has 9 heavy (non-hydrogen) atoms. The maximum absolute atomic E-state index is 5.69. The predicted octanol–water partition coefficient (Wildman–Crippen LogP) is 1.95. The first-order valence-electron chi connectivity index (χ1n) is 2.67. The molecule has 1 aliphatic carbocycles. The van der Waals surface area contributed by atoms with Crippen LogP contribution in [0.1, 0.15) is 13.3 Å². The van der Waals surface area contributed by atoms with Crippen LogP contribution in [0.15, 0.2) is 0 Å². The number of halogens is 3. The van der Waals surface area contributed by atoms with Gasteiger partial charge in [-0.3, -0.25) is 0 Å². The SMILES string of the molecule is C[C@@H](N)[C@@H]1CC1(Cl)Cl.Cl. The molecule has 1 aliphatic rings. The average Bonchev–Trinajstić information content (AvgIpc) is 2.13. The third-order valence-corrected chi connectivity index (χ3v) is 2.38. The van der Waals surface area contributed by atoms with Crippen molar-refractivity contribution in [3.63, 3.8) is 0 Å². The molecule has 0 unspecified atom stereocenters. The molecule has 0 amide bonds. The fraction of sp³-hybridized carbons (Fsp3) is 1.00. The molecule has 0 heterocycles. The van der Waals surface area contributed by atoms with Crippen molar-refractivity contribution in [1.29, 1.82) is 0 Å². The number of nitrogens with two attached hydrogens (primary N) is 1. The fourth-order valence-electron chi connectivity index (χ4n) is 0.805. The number of hydrogen-bond acceptors (Lipinski definition) is 1. The van der Waals surface area contributed by atoms with Crippen LogP contribution in [0.4, 0.5) is 0 Å². The standard InChI is InChI=1S/C5H9Cl2N.ClH/c1-3(8)4-2-5(4,6)7;/h3-4H,2,8H2,1H3;1H/t3-,4+;/m1./s1. The van der Waals surface area contributed by atoms with Gasteiger partial charge in [-0.25, -0.2) is 0 Å². The lowest BCUT2D eigenvalue weighted by atomic mass is 10.2. The number of hydrogen-bond donors (Lipinski definition) is 1. The smallest absolute Gasteiger partial charge is 0.123 e. The summed E-state index contributed by atoms with van der Waals surface area (Å²) >= 11 is 11.4. The molecule has 0 aliphatic heterocycles. The highest BCUT2D eigenvalue weighted by atomic mass is 35.5. The van der Waals surface area contributed by atoms with E-state index in [9.17, 15) is 0 Å². The first-order chi connectivity index (χ1) is 3.54. The molecule has 1 rings (SSSR count). The second-order valence-electron chi connectivity index (χ2n) is 2.43. The van der Waals surface area contributed by atoms with Crippen molar-refractivity contribution in [1.82, 2.24) is 0 Å². The summed E-state index contributed by atoms with van der Waals surface area (Å²) in [5.74, 6) is 0.325. The quantitative estimate of drug-likeness (QED) is 0.629. The van der Waals surface area contributed by atoms with Crippen molar-refractivity contribution in [3.8, 4) is 0 Å². The second-order valence-corrected chi connectivity index (χ2v) is 3.97. The third-order valence-electron chi connectivity index (χ3n) is 1.51. The van der Waals surface area contributed by atoms with Gasteiger partial charge in [0.25, 0.3) is 0 Å². The molecule has 1 saturated carbocycles. The Bertz CT molecular complexity index is 102. The van der Waals surface area contributed by atoms with Crippen molar-refractivity contribution in [2.75, 3.05) is 0 Å². The molecular weight excluding hydrogens is 180 g/mol. The van der Waals surface area contributed by atoms with Crippen LogP contribution in [0, 0.1) is 5.92 Å². The Balaban J connectivity index is 0.000000640. The Morgan fingerprint density at radius 3 is 2.00 bits per heavy atom. The van der Waals surface area contributed by atoms with E-state index >= 15 is 0 Å². The Morgan fingerprint density at radius 1 is 1.67 bits per heavy atom. The molecule has 0 radical (unpaired) electrons. The maximum Gasteiger partial charge on any atom is 0.123 e. The van der Waals surface area contributed by atoms with Gasteiger partial charge in [-0.15, -0.1) is 35.6 Å². The largest absolute Gasteiger partial charge is 0.328 e. The van der Waals surface area contributed by atoms with Gasteiger partial charge >= 0.3 is 0 Å². The molecule has 0 aromatic rings. The zero-order valence-corrected chi connectivity index (χ0v) is 7.43. The zero-order chi connectivity index (χ0) is 6.36. The number of rotatable bonds is 1. The summed E-state index contributed by atoms with van der Waals surface area (Å²) in [6.07, 6.45) is 0.855. The Morgan fingerprint density at radius 2 is 2.00 bits per heavy atom. The molecule has 0 aromatic carbocycles. The molecule has 1 nitrogen and oxygen atoms in total. The van der Waals surface area contributed by atoms with E-state index in [-0.39, 0.29) is 18.4 Å². The number of alkyl halides is 2. The summed E-state index contributed by atoms with van der Waals surface area (Å²) in [6.45, 7) is 1.93. The second kappa shape index (κ2) is 2.83. The van der Waals surface area contributed by atoms with E-state index in [1.807, 2.05) is 6.92 Å². The molecule has 4 heteroatoms. The summed E-state index contributed by atoms with van der Waals surface area (Å²) in [7, 11) is 0. The maximum atomic E-state index is 5.69. The Kier molecular flexibility index (Phi) is 3.09. The molecule has 2 N–H and O–H groups in total. The van der Waals surface area contributed by atoms with Gasteiger partial charge in [0.1, 0.15) is 4.33 Å². The summed E-state index contributed by atoms with van der Waals surface area (Å²) in [6, 6.07) is 0.144. The van der Waals surface area contributed by atoms with Crippen LogP contribution in [0.3, 0.4) is 0 Å². The van der Waals surface area contributed by atoms with Crippen molar-refractivity contribution in [2.45, 2.75) is 23.7 Å².